The Morgan fingerprint density at radius 3 is 2.65 bits per heavy atom. The highest BCUT2D eigenvalue weighted by Gasteiger charge is 2.17. The average molecular weight is 475 g/mol. The lowest BCUT2D eigenvalue weighted by molar-refractivity contribution is 0.0939. The Kier molecular flexibility index (Phi) is 6.47. The topological polar surface area (TPSA) is 74.6 Å². The van der Waals surface area contributed by atoms with Crippen molar-refractivity contribution in [2.45, 2.75) is 12.8 Å². The van der Waals surface area contributed by atoms with Crippen molar-refractivity contribution in [2.75, 3.05) is 32.0 Å². The number of nitrogens with zero attached hydrogens (tertiary/aromatic N) is 4. The molecule has 3 heterocycles. The van der Waals surface area contributed by atoms with Crippen molar-refractivity contribution in [1.82, 2.24) is 24.8 Å². The van der Waals surface area contributed by atoms with E-state index in [1.54, 1.807) is 4.52 Å². The smallest absolute Gasteiger partial charge is 0.251 e. The highest BCUT2D eigenvalue weighted by Crippen LogP contribution is 2.27. The van der Waals surface area contributed by atoms with Crippen molar-refractivity contribution in [3.8, 4) is 11.1 Å². The summed E-state index contributed by atoms with van der Waals surface area (Å²) >= 11 is 6.17. The molecule has 34 heavy (non-hydrogen) atoms. The minimum atomic E-state index is -0.0394. The quantitative estimate of drug-likeness (QED) is 0.417. The summed E-state index contributed by atoms with van der Waals surface area (Å²) < 4.78 is 1.74. The van der Waals surface area contributed by atoms with Crippen LogP contribution < -0.4 is 10.6 Å². The summed E-state index contributed by atoms with van der Waals surface area (Å²) in [5.74, 6) is 0.996. The van der Waals surface area contributed by atoms with Crippen LogP contribution in [-0.2, 0) is 0 Å². The van der Waals surface area contributed by atoms with E-state index in [0.717, 1.165) is 54.9 Å². The van der Waals surface area contributed by atoms with Gasteiger partial charge in [-0.2, -0.15) is 4.98 Å². The van der Waals surface area contributed by atoms with Crippen molar-refractivity contribution in [2.24, 2.45) is 5.92 Å². The van der Waals surface area contributed by atoms with Crippen LogP contribution in [0, 0.1) is 5.92 Å². The Hall–Kier alpha value is -3.42. The van der Waals surface area contributed by atoms with Crippen LogP contribution in [-0.4, -0.2) is 52.1 Å². The van der Waals surface area contributed by atoms with Gasteiger partial charge in [0, 0.05) is 34.6 Å². The molecule has 0 atom stereocenters. The van der Waals surface area contributed by atoms with Crippen LogP contribution in [0.25, 0.3) is 16.8 Å². The molecular weight excluding hydrogens is 448 g/mol. The molecule has 2 aromatic heterocycles. The van der Waals surface area contributed by atoms with Crippen molar-refractivity contribution in [3.05, 3.63) is 77.4 Å². The maximum atomic E-state index is 12.6. The number of carbonyl (C=O) groups is 1. The second kappa shape index (κ2) is 9.83. The van der Waals surface area contributed by atoms with E-state index in [-0.39, 0.29) is 5.91 Å². The van der Waals surface area contributed by atoms with Gasteiger partial charge in [0.15, 0.2) is 5.65 Å². The minimum Gasteiger partial charge on any atom is -0.352 e. The van der Waals surface area contributed by atoms with Crippen LogP contribution in [0.4, 0.5) is 11.6 Å². The van der Waals surface area contributed by atoms with Crippen LogP contribution >= 0.6 is 11.6 Å². The molecule has 0 bridgehead atoms. The van der Waals surface area contributed by atoms with Crippen LogP contribution in [0.3, 0.4) is 0 Å². The predicted molar refractivity (Wildman–Crippen MR) is 136 cm³/mol. The van der Waals surface area contributed by atoms with E-state index in [0.29, 0.717) is 22.5 Å². The first-order valence-corrected chi connectivity index (χ1v) is 11.9. The van der Waals surface area contributed by atoms with Gasteiger partial charge >= 0.3 is 0 Å². The Morgan fingerprint density at radius 2 is 1.88 bits per heavy atom. The molecular formula is C26H27ClN6O. The lowest BCUT2D eigenvalue weighted by Gasteiger charge is -2.28. The van der Waals surface area contributed by atoms with Gasteiger partial charge in [-0.1, -0.05) is 23.7 Å². The van der Waals surface area contributed by atoms with E-state index in [2.05, 4.69) is 32.7 Å². The number of benzene rings is 2. The molecule has 0 aliphatic carbocycles. The van der Waals surface area contributed by atoms with Gasteiger partial charge in [0.2, 0.25) is 5.95 Å². The second-order valence-corrected chi connectivity index (χ2v) is 9.23. The number of likely N-dealkylation sites (tertiary alicyclic amines) is 1. The number of nitrogens with one attached hydrogen (secondary N) is 2. The molecule has 1 fully saturated rings. The zero-order valence-electron chi connectivity index (χ0n) is 19.0. The fraction of sp³-hybridized carbons (Fsp3) is 0.269. The number of piperidine rings is 1. The molecule has 0 radical (unpaired) electrons. The van der Waals surface area contributed by atoms with E-state index in [4.69, 9.17) is 11.6 Å². The summed E-state index contributed by atoms with van der Waals surface area (Å²) in [4.78, 5) is 19.6. The third-order valence-corrected chi connectivity index (χ3v) is 6.53. The number of hydrogen-bond donors (Lipinski definition) is 2. The second-order valence-electron chi connectivity index (χ2n) is 8.79. The van der Waals surface area contributed by atoms with Gasteiger partial charge in [0.05, 0.1) is 0 Å². The minimum absolute atomic E-state index is 0.0394. The number of pyridine rings is 1. The molecule has 2 N–H and O–H groups in total. The number of amides is 1. The van der Waals surface area contributed by atoms with E-state index >= 15 is 0 Å². The third kappa shape index (κ3) is 5.05. The third-order valence-electron chi connectivity index (χ3n) is 6.29. The number of carbonyl (C=O) groups excluding carboxylic acids is 1. The molecule has 174 valence electrons. The fourth-order valence-electron chi connectivity index (χ4n) is 4.28. The lowest BCUT2D eigenvalue weighted by Crippen LogP contribution is -2.36. The lowest BCUT2D eigenvalue weighted by atomic mass is 9.97. The Morgan fingerprint density at radius 1 is 1.09 bits per heavy atom. The molecule has 8 heteroatoms. The highest BCUT2D eigenvalue weighted by molar-refractivity contribution is 6.30. The van der Waals surface area contributed by atoms with E-state index in [1.165, 1.54) is 0 Å². The summed E-state index contributed by atoms with van der Waals surface area (Å²) in [6, 6.07) is 19.0. The zero-order chi connectivity index (χ0) is 23.5. The molecule has 2 aromatic carbocycles. The zero-order valence-corrected chi connectivity index (χ0v) is 19.8. The van der Waals surface area contributed by atoms with Crippen LogP contribution in [0.15, 0.2) is 66.9 Å². The number of anilines is 2. The van der Waals surface area contributed by atoms with Crippen LogP contribution in [0.1, 0.15) is 23.2 Å². The van der Waals surface area contributed by atoms with Crippen LogP contribution in [0.2, 0.25) is 5.02 Å². The van der Waals surface area contributed by atoms with E-state index < -0.39 is 0 Å². The van der Waals surface area contributed by atoms with Gasteiger partial charge in [0.1, 0.15) is 0 Å². The first-order valence-electron chi connectivity index (χ1n) is 11.5. The standard InChI is InChI=1S/C26H27ClN6O/c1-32-14-11-18(12-15-32)17-28-25(34)19-7-9-22(10-8-19)29-26-30-24-23(6-3-13-33(24)31-26)20-4-2-5-21(27)16-20/h2-10,13,16,18H,11-12,14-15,17H2,1H3,(H,28,34)(H,29,31). The number of aromatic nitrogens is 3. The average Bonchev–Trinajstić information content (AvgIpc) is 3.26. The molecule has 7 nitrogen and oxygen atoms in total. The fourth-order valence-corrected chi connectivity index (χ4v) is 4.47. The van der Waals surface area contributed by atoms with Gasteiger partial charge in [-0.15, -0.1) is 5.10 Å². The van der Waals surface area contributed by atoms with Gasteiger partial charge in [-0.25, -0.2) is 4.52 Å². The van der Waals surface area contributed by atoms with Crippen LogP contribution in [0.5, 0.6) is 0 Å². The molecule has 0 spiro atoms. The summed E-state index contributed by atoms with van der Waals surface area (Å²) in [5, 5.41) is 11.5. The van der Waals surface area contributed by atoms with E-state index in [9.17, 15) is 4.79 Å². The largest absolute Gasteiger partial charge is 0.352 e. The maximum Gasteiger partial charge on any atom is 0.251 e. The SMILES string of the molecule is CN1CCC(CNC(=O)c2ccc(Nc3nc4c(-c5cccc(Cl)c5)cccn4n3)cc2)CC1. The van der Waals surface area contributed by atoms with Gasteiger partial charge in [-0.05, 0) is 93.0 Å². The molecule has 5 rings (SSSR count). The number of fused-ring (bicyclic) bond motifs is 1. The first kappa shape index (κ1) is 22.4. The first-order chi connectivity index (χ1) is 16.5. The van der Waals surface area contributed by atoms with Gasteiger partial charge in [0.25, 0.3) is 5.91 Å². The number of halogens is 1. The molecule has 0 saturated carbocycles. The van der Waals surface area contributed by atoms with Gasteiger partial charge in [-0.3, -0.25) is 4.79 Å². The molecule has 1 aliphatic heterocycles. The summed E-state index contributed by atoms with van der Waals surface area (Å²) in [5.41, 5.74) is 4.11. The Bertz CT molecular complexity index is 1290. The number of rotatable bonds is 6. The number of hydrogen-bond acceptors (Lipinski definition) is 5. The molecule has 1 aliphatic rings. The highest BCUT2D eigenvalue weighted by atomic mass is 35.5. The summed E-state index contributed by atoms with van der Waals surface area (Å²) in [7, 11) is 2.14. The van der Waals surface area contributed by atoms with Crippen molar-refractivity contribution < 1.29 is 4.79 Å². The molecule has 0 unspecified atom stereocenters. The van der Waals surface area contributed by atoms with Crippen molar-refractivity contribution >= 4 is 34.8 Å². The monoisotopic (exact) mass is 474 g/mol. The molecule has 1 saturated heterocycles. The Labute approximate surface area is 203 Å². The van der Waals surface area contributed by atoms with Gasteiger partial charge < -0.3 is 15.5 Å². The summed E-state index contributed by atoms with van der Waals surface area (Å²) in [6.07, 6.45) is 4.12. The Balaban J connectivity index is 1.25. The molecule has 1 amide bonds. The summed E-state index contributed by atoms with van der Waals surface area (Å²) in [6.45, 7) is 2.92. The molecule has 4 aromatic rings. The van der Waals surface area contributed by atoms with E-state index in [1.807, 2.05) is 66.9 Å². The van der Waals surface area contributed by atoms with Crippen molar-refractivity contribution in [1.29, 1.82) is 0 Å². The van der Waals surface area contributed by atoms with Crippen molar-refractivity contribution in [3.63, 3.8) is 0 Å². The predicted octanol–water partition coefficient (Wildman–Crippen LogP) is 4.86. The maximum absolute atomic E-state index is 12.6. The normalized spacial score (nSPS) is 14.9.